The molecule has 4 rings (SSSR count). The van der Waals surface area contributed by atoms with E-state index < -0.39 is 30.2 Å². The minimum Gasteiger partial charge on any atom is -0.457 e. The highest BCUT2D eigenvalue weighted by Crippen LogP contribution is 2.23. The first-order chi connectivity index (χ1) is 15.0. The molecule has 154 valence electrons. The van der Waals surface area contributed by atoms with Crippen LogP contribution in [0.15, 0.2) is 78.9 Å². The summed E-state index contributed by atoms with van der Waals surface area (Å²) in [5, 5.41) is 2.79. The zero-order valence-electron chi connectivity index (χ0n) is 16.1. The number of nitrogens with one attached hydrogen (secondary N) is 1. The van der Waals surface area contributed by atoms with Crippen molar-refractivity contribution in [2.45, 2.75) is 0 Å². The first kappa shape index (κ1) is 19.8. The molecular weight excluding hydrogens is 400 g/mol. The Hall–Kier alpha value is -4.46. The van der Waals surface area contributed by atoms with Crippen LogP contribution in [0.3, 0.4) is 0 Å². The topological polar surface area (TPSA) is 102 Å². The van der Waals surface area contributed by atoms with Crippen molar-refractivity contribution in [3.05, 3.63) is 95.6 Å². The van der Waals surface area contributed by atoms with Crippen LogP contribution in [0.4, 0.5) is 0 Å². The Labute approximate surface area is 177 Å². The third kappa shape index (κ3) is 4.27. The second-order valence-electron chi connectivity index (χ2n) is 6.54. The average Bonchev–Trinajstić information content (AvgIpc) is 3.04. The van der Waals surface area contributed by atoms with E-state index in [2.05, 4.69) is 5.32 Å². The lowest BCUT2D eigenvalue weighted by molar-refractivity contribution is -0.167. The van der Waals surface area contributed by atoms with Gasteiger partial charge in [0.2, 0.25) is 0 Å². The molecule has 31 heavy (non-hydrogen) atoms. The molecule has 1 aliphatic rings. The van der Waals surface area contributed by atoms with E-state index in [0.717, 1.165) is 0 Å². The van der Waals surface area contributed by atoms with Crippen molar-refractivity contribution in [1.29, 1.82) is 0 Å². The van der Waals surface area contributed by atoms with Crippen molar-refractivity contribution in [3.8, 4) is 11.5 Å². The number of hydrogen-bond acceptors (Lipinski definition) is 6. The van der Waals surface area contributed by atoms with E-state index in [1.807, 2.05) is 18.2 Å². The lowest BCUT2D eigenvalue weighted by Crippen LogP contribution is -2.38. The van der Waals surface area contributed by atoms with Crippen LogP contribution < -0.4 is 10.1 Å². The molecule has 0 radical (unpaired) electrons. The number of carbonyl (C=O) groups excluding carboxylic acids is 4. The molecule has 1 aliphatic heterocycles. The molecule has 1 N–H and O–H groups in total. The summed E-state index contributed by atoms with van der Waals surface area (Å²) in [6, 6.07) is 21.7. The summed E-state index contributed by atoms with van der Waals surface area (Å²) in [5.74, 6) is -1.72. The summed E-state index contributed by atoms with van der Waals surface area (Å²) in [6.07, 6.45) is 0. The van der Waals surface area contributed by atoms with E-state index in [9.17, 15) is 19.2 Å². The molecule has 0 bridgehead atoms. The summed E-state index contributed by atoms with van der Waals surface area (Å²) in [6.45, 7) is -0.519. The van der Waals surface area contributed by atoms with Crippen molar-refractivity contribution in [2.24, 2.45) is 0 Å². The number of hydroxylamine groups is 2. The van der Waals surface area contributed by atoms with Gasteiger partial charge in [-0.05, 0) is 48.5 Å². The molecule has 0 saturated carbocycles. The lowest BCUT2D eigenvalue weighted by atomic mass is 10.1. The van der Waals surface area contributed by atoms with Crippen LogP contribution in [0.25, 0.3) is 0 Å². The van der Waals surface area contributed by atoms with Gasteiger partial charge < -0.3 is 14.9 Å². The molecule has 8 nitrogen and oxygen atoms in total. The molecule has 3 amide bonds. The zero-order valence-corrected chi connectivity index (χ0v) is 16.1. The highest BCUT2D eigenvalue weighted by atomic mass is 16.7. The van der Waals surface area contributed by atoms with Crippen LogP contribution in [-0.4, -0.2) is 35.3 Å². The number of carbonyl (C=O) groups is 4. The van der Waals surface area contributed by atoms with Gasteiger partial charge in [0.1, 0.15) is 18.0 Å². The van der Waals surface area contributed by atoms with E-state index in [-0.39, 0.29) is 11.1 Å². The molecule has 0 saturated heterocycles. The zero-order chi connectivity index (χ0) is 21.8. The van der Waals surface area contributed by atoms with Crippen LogP contribution in [0.2, 0.25) is 0 Å². The minimum absolute atomic E-state index is 0.155. The number of fused-ring (bicyclic) bond motifs is 1. The Morgan fingerprint density at radius 1 is 0.742 bits per heavy atom. The molecule has 0 fully saturated rings. The quantitative estimate of drug-likeness (QED) is 0.620. The van der Waals surface area contributed by atoms with Gasteiger partial charge in [-0.15, -0.1) is 0 Å². The van der Waals surface area contributed by atoms with Crippen LogP contribution >= 0.6 is 0 Å². The smallest absolute Gasteiger partial charge is 0.352 e. The van der Waals surface area contributed by atoms with Crippen molar-refractivity contribution >= 4 is 23.7 Å². The average molecular weight is 416 g/mol. The second kappa shape index (κ2) is 8.50. The summed E-state index contributed by atoms with van der Waals surface area (Å²) < 4.78 is 5.66. The maximum absolute atomic E-state index is 12.3. The predicted octanol–water partition coefficient (Wildman–Crippen LogP) is 2.96. The van der Waals surface area contributed by atoms with Gasteiger partial charge >= 0.3 is 5.97 Å². The van der Waals surface area contributed by atoms with Gasteiger partial charge in [0.25, 0.3) is 17.7 Å². The first-order valence-corrected chi connectivity index (χ1v) is 9.33. The fourth-order valence-corrected chi connectivity index (χ4v) is 2.94. The van der Waals surface area contributed by atoms with Crippen LogP contribution in [-0.2, 0) is 9.63 Å². The Balaban J connectivity index is 1.30. The summed E-state index contributed by atoms with van der Waals surface area (Å²) in [4.78, 5) is 53.5. The molecule has 0 aliphatic carbocycles. The Morgan fingerprint density at radius 2 is 1.29 bits per heavy atom. The second-order valence-corrected chi connectivity index (χ2v) is 6.54. The molecule has 3 aromatic carbocycles. The number of benzene rings is 3. The summed E-state index contributed by atoms with van der Waals surface area (Å²) in [7, 11) is 0. The van der Waals surface area contributed by atoms with Gasteiger partial charge in [-0.2, -0.15) is 0 Å². The monoisotopic (exact) mass is 416 g/mol. The molecule has 0 atom stereocenters. The Kier molecular flexibility index (Phi) is 5.44. The summed E-state index contributed by atoms with van der Waals surface area (Å²) >= 11 is 0. The molecule has 0 aromatic heterocycles. The van der Waals surface area contributed by atoms with Crippen molar-refractivity contribution in [1.82, 2.24) is 10.4 Å². The Morgan fingerprint density at radius 3 is 1.90 bits per heavy atom. The molecule has 0 unspecified atom stereocenters. The number of rotatable bonds is 6. The first-order valence-electron chi connectivity index (χ1n) is 9.33. The fraction of sp³-hybridized carbons (Fsp3) is 0.0435. The number of hydrogen-bond donors (Lipinski definition) is 1. The van der Waals surface area contributed by atoms with Crippen LogP contribution in [0, 0.1) is 0 Å². The maximum Gasteiger partial charge on any atom is 0.352 e. The van der Waals surface area contributed by atoms with Crippen molar-refractivity contribution in [2.75, 3.05) is 6.54 Å². The number of ether oxygens (including phenoxy) is 1. The molecule has 3 aromatic rings. The number of amides is 3. The van der Waals surface area contributed by atoms with E-state index >= 15 is 0 Å². The van der Waals surface area contributed by atoms with Crippen molar-refractivity contribution in [3.63, 3.8) is 0 Å². The van der Waals surface area contributed by atoms with Crippen LogP contribution in [0.1, 0.15) is 31.1 Å². The van der Waals surface area contributed by atoms with Gasteiger partial charge in [-0.1, -0.05) is 35.4 Å². The van der Waals surface area contributed by atoms with Gasteiger partial charge in [-0.3, -0.25) is 14.4 Å². The van der Waals surface area contributed by atoms with Crippen LogP contribution in [0.5, 0.6) is 11.5 Å². The lowest BCUT2D eigenvalue weighted by Gasteiger charge is -2.13. The highest BCUT2D eigenvalue weighted by molar-refractivity contribution is 6.20. The van der Waals surface area contributed by atoms with Gasteiger partial charge in [0, 0.05) is 5.56 Å². The highest BCUT2D eigenvalue weighted by Gasteiger charge is 2.38. The van der Waals surface area contributed by atoms with E-state index in [0.29, 0.717) is 22.1 Å². The molecule has 8 heteroatoms. The Bertz CT molecular complexity index is 1120. The normalized spacial score (nSPS) is 12.3. The standard InChI is InChI=1S/C23H16N2O6/c26-20(31-25-22(28)18-8-4-5-9-19(18)23(25)29)14-24-21(27)15-10-12-17(13-11-15)30-16-6-2-1-3-7-16/h1-13H,14H2,(H,24,27). The summed E-state index contributed by atoms with van der Waals surface area (Å²) in [5.41, 5.74) is 0.609. The number of nitrogens with zero attached hydrogens (tertiary/aromatic N) is 1. The molecule has 1 heterocycles. The van der Waals surface area contributed by atoms with E-state index in [4.69, 9.17) is 9.57 Å². The third-order valence-electron chi connectivity index (χ3n) is 4.44. The molecular formula is C23H16N2O6. The van der Waals surface area contributed by atoms with Gasteiger partial charge in [0.05, 0.1) is 11.1 Å². The predicted molar refractivity (Wildman–Crippen MR) is 108 cm³/mol. The SMILES string of the molecule is O=C(CNC(=O)c1ccc(Oc2ccccc2)cc1)ON1C(=O)c2ccccc2C1=O. The van der Waals surface area contributed by atoms with Crippen molar-refractivity contribution < 1.29 is 28.8 Å². The minimum atomic E-state index is -0.952. The number of imide groups is 1. The third-order valence-corrected chi connectivity index (χ3v) is 4.44. The van der Waals surface area contributed by atoms with E-state index in [1.165, 1.54) is 12.1 Å². The van der Waals surface area contributed by atoms with E-state index in [1.54, 1.807) is 48.5 Å². The largest absolute Gasteiger partial charge is 0.457 e. The maximum atomic E-state index is 12.3. The molecule has 0 spiro atoms. The number of para-hydroxylation sites is 1. The van der Waals surface area contributed by atoms with Gasteiger partial charge in [-0.25, -0.2) is 4.79 Å². The fourth-order valence-electron chi connectivity index (χ4n) is 2.94. The van der Waals surface area contributed by atoms with Gasteiger partial charge in [0.15, 0.2) is 0 Å².